The van der Waals surface area contributed by atoms with Gasteiger partial charge in [-0.2, -0.15) is 0 Å². The summed E-state index contributed by atoms with van der Waals surface area (Å²) in [7, 11) is -3.96. The predicted octanol–water partition coefficient (Wildman–Crippen LogP) is 4.54. The molecule has 1 amide bonds. The number of hydrogen-bond donors (Lipinski definition) is 1. The summed E-state index contributed by atoms with van der Waals surface area (Å²) in [5.74, 6) is -0.0247. The van der Waals surface area contributed by atoms with Crippen molar-refractivity contribution in [2.75, 3.05) is 30.9 Å². The number of rotatable bonds is 9. The van der Waals surface area contributed by atoms with Crippen LogP contribution in [0.5, 0.6) is 0 Å². The highest BCUT2D eigenvalue weighted by molar-refractivity contribution is 7.96. The zero-order valence-corrected chi connectivity index (χ0v) is 22.4. The molecule has 194 valence electrons. The fourth-order valence-corrected chi connectivity index (χ4v) is 5.47. The Morgan fingerprint density at radius 3 is 2.24 bits per heavy atom. The highest BCUT2D eigenvalue weighted by atomic mass is 32.2. The van der Waals surface area contributed by atoms with Crippen LogP contribution in [0.4, 0.5) is 5.69 Å². The Hall–Kier alpha value is -3.98. The van der Waals surface area contributed by atoms with Gasteiger partial charge in [0, 0.05) is 44.3 Å². The molecular formula is C28H33N5O3S. The molecule has 0 atom stereocenters. The molecule has 3 rings (SSSR count). The molecule has 0 saturated carbocycles. The molecule has 1 aromatic heterocycles. The number of piperazine rings is 1. The van der Waals surface area contributed by atoms with Crippen molar-refractivity contribution in [3.63, 3.8) is 0 Å². The molecule has 1 N–H and O–H groups in total. The number of allylic oxidation sites excluding steroid dienone is 2. The lowest BCUT2D eigenvalue weighted by atomic mass is 10.1. The predicted molar refractivity (Wildman–Crippen MR) is 151 cm³/mol. The maximum atomic E-state index is 13.0. The number of nitrogens with one attached hydrogen (secondary N) is 1. The van der Waals surface area contributed by atoms with Crippen molar-refractivity contribution >= 4 is 34.0 Å². The molecule has 1 saturated heterocycles. The molecule has 1 fully saturated rings. The molecule has 37 heavy (non-hydrogen) atoms. The van der Waals surface area contributed by atoms with Crippen molar-refractivity contribution in [2.24, 2.45) is 4.99 Å². The van der Waals surface area contributed by atoms with E-state index in [9.17, 15) is 13.2 Å². The lowest BCUT2D eigenvalue weighted by Gasteiger charge is -2.37. The van der Waals surface area contributed by atoms with E-state index in [4.69, 9.17) is 0 Å². The Morgan fingerprint density at radius 1 is 1.05 bits per heavy atom. The molecule has 0 radical (unpaired) electrons. The van der Waals surface area contributed by atoms with E-state index in [0.717, 1.165) is 22.4 Å². The van der Waals surface area contributed by atoms with Crippen molar-refractivity contribution < 1.29 is 13.2 Å². The van der Waals surface area contributed by atoms with Gasteiger partial charge in [0.15, 0.2) is 0 Å². The summed E-state index contributed by atoms with van der Waals surface area (Å²) in [4.78, 5) is 24.6. The number of nitrogens with zero attached hydrogens (tertiary/aromatic N) is 4. The van der Waals surface area contributed by atoms with Gasteiger partial charge in [0.25, 0.3) is 15.9 Å². The Kier molecular flexibility index (Phi) is 8.49. The normalized spacial score (nSPS) is 14.5. The van der Waals surface area contributed by atoms with E-state index in [0.29, 0.717) is 43.0 Å². The van der Waals surface area contributed by atoms with Gasteiger partial charge < -0.3 is 9.80 Å². The van der Waals surface area contributed by atoms with Crippen LogP contribution in [0, 0.1) is 13.8 Å². The van der Waals surface area contributed by atoms with Crippen molar-refractivity contribution in [1.29, 1.82) is 0 Å². The summed E-state index contributed by atoms with van der Waals surface area (Å²) in [6.45, 7) is 22.9. The van der Waals surface area contributed by atoms with E-state index in [-0.39, 0.29) is 16.5 Å². The Labute approximate surface area is 219 Å². The summed E-state index contributed by atoms with van der Waals surface area (Å²) in [6, 6.07) is 7.27. The molecule has 0 spiro atoms. The van der Waals surface area contributed by atoms with E-state index >= 15 is 0 Å². The number of aromatic nitrogens is 1. The first-order valence-corrected chi connectivity index (χ1v) is 13.2. The highest BCUT2D eigenvalue weighted by Gasteiger charge is 2.24. The van der Waals surface area contributed by atoms with Gasteiger partial charge in [-0.25, -0.2) is 8.42 Å². The first-order valence-electron chi connectivity index (χ1n) is 11.8. The molecule has 1 aromatic carbocycles. The molecule has 9 heteroatoms. The number of carbonyl (C=O) groups excluding carboxylic acids is 1. The van der Waals surface area contributed by atoms with Crippen LogP contribution in [0.3, 0.4) is 0 Å². The molecular weight excluding hydrogens is 486 g/mol. The standard InChI is InChI=1S/C28H33N5O3S/c1-8-26(27(29-7)19(2)3)37(35,36)31-25-10-9-23(16-21(25)5)22(6)32-11-13-33(14-12-32)28(34)24-15-20(4)17-30-18-24/h8-10,15-18,31H,1-2,6-7,11-14H2,3-5H3/b27-26-. The number of carbonyl (C=O) groups is 1. The van der Waals surface area contributed by atoms with Crippen molar-refractivity contribution in [3.8, 4) is 0 Å². The number of sulfonamides is 1. The summed E-state index contributed by atoms with van der Waals surface area (Å²) < 4.78 is 28.7. The van der Waals surface area contributed by atoms with Gasteiger partial charge in [-0.1, -0.05) is 25.8 Å². The molecule has 1 aliphatic heterocycles. The number of amides is 1. The van der Waals surface area contributed by atoms with E-state index < -0.39 is 10.0 Å². The lowest BCUT2D eigenvalue weighted by molar-refractivity contribution is 0.0685. The van der Waals surface area contributed by atoms with E-state index in [2.05, 4.69) is 46.1 Å². The fourth-order valence-electron chi connectivity index (χ4n) is 4.13. The molecule has 8 nitrogen and oxygen atoms in total. The number of hydrogen-bond acceptors (Lipinski definition) is 6. The van der Waals surface area contributed by atoms with Crippen molar-refractivity contribution in [3.05, 3.63) is 101 Å². The van der Waals surface area contributed by atoms with Gasteiger partial charge in [0.05, 0.1) is 16.9 Å². The quantitative estimate of drug-likeness (QED) is 0.388. The van der Waals surface area contributed by atoms with Crippen LogP contribution in [-0.4, -0.2) is 62.0 Å². The summed E-state index contributed by atoms with van der Waals surface area (Å²) in [6.07, 6.45) is 4.55. The Bertz CT molecular complexity index is 1400. The monoisotopic (exact) mass is 519 g/mol. The van der Waals surface area contributed by atoms with Crippen LogP contribution in [0.2, 0.25) is 0 Å². The second-order valence-electron chi connectivity index (χ2n) is 8.97. The van der Waals surface area contributed by atoms with Crippen LogP contribution in [0.15, 0.2) is 83.6 Å². The summed E-state index contributed by atoms with van der Waals surface area (Å²) in [5, 5.41) is 0. The third kappa shape index (κ3) is 6.24. The average molecular weight is 520 g/mol. The topological polar surface area (TPSA) is 95.0 Å². The van der Waals surface area contributed by atoms with Crippen LogP contribution in [0.1, 0.15) is 34.0 Å². The minimum Gasteiger partial charge on any atom is -0.368 e. The SMILES string of the molecule is C=C/C(=C(/N=C)C(=C)C)S(=O)(=O)Nc1ccc(C(=C)N2CCN(C(=O)c3cncc(C)c3)CC2)cc1C. The number of benzene rings is 1. The molecule has 1 aliphatic rings. The van der Waals surface area contributed by atoms with Gasteiger partial charge >= 0.3 is 0 Å². The van der Waals surface area contributed by atoms with Crippen LogP contribution in [-0.2, 0) is 10.0 Å². The van der Waals surface area contributed by atoms with Gasteiger partial charge in [0.2, 0.25) is 0 Å². The van der Waals surface area contributed by atoms with Gasteiger partial charge in [0.1, 0.15) is 4.91 Å². The van der Waals surface area contributed by atoms with Gasteiger partial charge in [-0.15, -0.1) is 0 Å². The van der Waals surface area contributed by atoms with E-state index in [1.165, 1.54) is 6.08 Å². The zero-order chi connectivity index (χ0) is 27.3. The summed E-state index contributed by atoms with van der Waals surface area (Å²) >= 11 is 0. The molecule has 2 aromatic rings. The first kappa shape index (κ1) is 27.6. The molecule has 2 heterocycles. The largest absolute Gasteiger partial charge is 0.368 e. The lowest BCUT2D eigenvalue weighted by Crippen LogP contribution is -2.47. The minimum atomic E-state index is -3.96. The zero-order valence-electron chi connectivity index (χ0n) is 21.6. The maximum Gasteiger partial charge on any atom is 0.264 e. The summed E-state index contributed by atoms with van der Waals surface area (Å²) in [5.41, 5.74) is 5.03. The molecule has 0 unspecified atom stereocenters. The minimum absolute atomic E-state index is 0.0247. The highest BCUT2D eigenvalue weighted by Crippen LogP contribution is 2.28. The van der Waals surface area contributed by atoms with Crippen LogP contribution in [0.25, 0.3) is 5.70 Å². The Balaban J connectivity index is 1.71. The van der Waals surface area contributed by atoms with Gasteiger partial charge in [-0.05, 0) is 74.0 Å². The number of aliphatic imine (C=N–C) groups is 1. The van der Waals surface area contributed by atoms with Gasteiger partial charge in [-0.3, -0.25) is 19.5 Å². The van der Waals surface area contributed by atoms with Crippen molar-refractivity contribution in [2.45, 2.75) is 20.8 Å². The third-order valence-electron chi connectivity index (χ3n) is 6.15. The Morgan fingerprint density at radius 2 is 1.70 bits per heavy atom. The molecule has 0 bridgehead atoms. The maximum absolute atomic E-state index is 13.0. The first-order chi connectivity index (χ1) is 17.5. The molecule has 0 aliphatic carbocycles. The number of anilines is 1. The smallest absolute Gasteiger partial charge is 0.264 e. The number of pyridine rings is 1. The second-order valence-corrected chi connectivity index (χ2v) is 10.6. The van der Waals surface area contributed by atoms with E-state index in [1.807, 2.05) is 36.9 Å². The van der Waals surface area contributed by atoms with E-state index in [1.54, 1.807) is 25.4 Å². The average Bonchev–Trinajstić information content (AvgIpc) is 2.87. The second kappa shape index (κ2) is 11.4. The fraction of sp³-hybridized carbons (Fsp3) is 0.250. The van der Waals surface area contributed by atoms with Crippen LogP contribution >= 0.6 is 0 Å². The number of aryl methyl sites for hydroxylation is 2. The third-order valence-corrected chi connectivity index (χ3v) is 7.57. The van der Waals surface area contributed by atoms with Crippen LogP contribution < -0.4 is 4.72 Å². The van der Waals surface area contributed by atoms with Crippen molar-refractivity contribution in [1.82, 2.24) is 14.8 Å².